The Bertz CT molecular complexity index is 947. The first-order valence-corrected chi connectivity index (χ1v) is 11.2. The van der Waals surface area contributed by atoms with Crippen LogP contribution in [0.1, 0.15) is 49.1 Å². The average molecular weight is 397 g/mol. The largest absolute Gasteiger partial charge is 0.380 e. The van der Waals surface area contributed by atoms with Gasteiger partial charge in [0.25, 0.3) is 0 Å². The molecule has 0 aliphatic heterocycles. The lowest BCUT2D eigenvalue weighted by molar-refractivity contribution is 0.185. The zero-order valence-corrected chi connectivity index (χ0v) is 18.0. The first-order valence-electron chi connectivity index (χ1n) is 11.2. The Morgan fingerprint density at radius 3 is 2.17 bits per heavy atom. The third-order valence-corrected chi connectivity index (χ3v) is 6.52. The molecule has 3 aromatic rings. The minimum atomic E-state index is 0.631. The maximum Gasteiger partial charge on any atom is 0.0713 e. The Balaban J connectivity index is 1.63. The van der Waals surface area contributed by atoms with Crippen LogP contribution in [0.2, 0.25) is 0 Å². The van der Waals surface area contributed by atoms with Crippen LogP contribution in [0, 0.1) is 5.92 Å². The van der Waals surface area contributed by atoms with E-state index in [9.17, 15) is 0 Å². The van der Waals surface area contributed by atoms with Crippen molar-refractivity contribution in [2.24, 2.45) is 5.92 Å². The number of methoxy groups -OCH3 is 1. The van der Waals surface area contributed by atoms with E-state index in [0.29, 0.717) is 12.5 Å². The van der Waals surface area contributed by atoms with Crippen molar-refractivity contribution in [1.82, 2.24) is 0 Å². The van der Waals surface area contributed by atoms with Gasteiger partial charge in [-0.15, -0.1) is 6.58 Å². The third kappa shape index (κ3) is 4.74. The van der Waals surface area contributed by atoms with Gasteiger partial charge >= 0.3 is 0 Å². The fraction of sp³-hybridized carbons (Fsp3) is 0.310. The Morgan fingerprint density at radius 1 is 0.833 bits per heavy atom. The molecule has 0 unspecified atom stereocenters. The van der Waals surface area contributed by atoms with Crippen LogP contribution in [0.3, 0.4) is 0 Å². The molecular formula is C29H32O. The lowest BCUT2D eigenvalue weighted by Gasteiger charge is -2.30. The highest BCUT2D eigenvalue weighted by Crippen LogP contribution is 2.41. The van der Waals surface area contributed by atoms with E-state index in [2.05, 4.69) is 85.5 Å². The highest BCUT2D eigenvalue weighted by atomic mass is 16.5. The van der Waals surface area contributed by atoms with Crippen molar-refractivity contribution in [1.29, 1.82) is 0 Å². The topological polar surface area (TPSA) is 9.23 Å². The van der Waals surface area contributed by atoms with Gasteiger partial charge in [-0.25, -0.2) is 0 Å². The number of hydrogen-bond acceptors (Lipinski definition) is 1. The molecule has 0 atom stereocenters. The summed E-state index contributed by atoms with van der Waals surface area (Å²) in [7, 11) is 1.77. The van der Waals surface area contributed by atoms with Crippen molar-refractivity contribution in [3.8, 4) is 22.3 Å². The molecule has 30 heavy (non-hydrogen) atoms. The predicted molar refractivity (Wildman–Crippen MR) is 128 cm³/mol. The maximum absolute atomic E-state index is 5.42. The van der Waals surface area contributed by atoms with Crippen molar-refractivity contribution in [3.63, 3.8) is 0 Å². The van der Waals surface area contributed by atoms with Gasteiger partial charge in [0.05, 0.1) is 6.61 Å². The van der Waals surface area contributed by atoms with Crippen LogP contribution < -0.4 is 0 Å². The summed E-state index contributed by atoms with van der Waals surface area (Å²) in [5, 5.41) is 0. The SMILES string of the molecule is C=CCC1CCC(c2cc(COC)ccc2-c2ccc(-c3ccccc3)cc2)CC1. The molecule has 1 aliphatic rings. The van der Waals surface area contributed by atoms with Crippen molar-refractivity contribution >= 4 is 0 Å². The van der Waals surface area contributed by atoms with Gasteiger partial charge in [-0.1, -0.05) is 78.9 Å². The second kappa shape index (κ2) is 9.91. The quantitative estimate of drug-likeness (QED) is 0.367. The molecule has 1 fully saturated rings. The van der Waals surface area contributed by atoms with Gasteiger partial charge in [0.2, 0.25) is 0 Å². The zero-order chi connectivity index (χ0) is 20.8. The Hall–Kier alpha value is -2.64. The highest BCUT2D eigenvalue weighted by Gasteiger charge is 2.24. The van der Waals surface area contributed by atoms with Crippen LogP contribution in [-0.4, -0.2) is 7.11 Å². The smallest absolute Gasteiger partial charge is 0.0713 e. The van der Waals surface area contributed by atoms with Crippen molar-refractivity contribution < 1.29 is 4.74 Å². The molecule has 0 aromatic heterocycles. The molecule has 154 valence electrons. The van der Waals surface area contributed by atoms with E-state index < -0.39 is 0 Å². The minimum Gasteiger partial charge on any atom is -0.380 e. The van der Waals surface area contributed by atoms with Crippen LogP contribution in [0.4, 0.5) is 0 Å². The van der Waals surface area contributed by atoms with E-state index in [1.807, 2.05) is 0 Å². The summed E-state index contributed by atoms with van der Waals surface area (Å²) in [4.78, 5) is 0. The molecule has 0 bridgehead atoms. The highest BCUT2D eigenvalue weighted by molar-refractivity contribution is 5.73. The fourth-order valence-electron chi connectivity index (χ4n) is 4.89. The van der Waals surface area contributed by atoms with Crippen LogP contribution in [0.25, 0.3) is 22.3 Å². The second-order valence-electron chi connectivity index (χ2n) is 8.54. The molecule has 1 nitrogen and oxygen atoms in total. The number of rotatable bonds is 7. The summed E-state index contributed by atoms with van der Waals surface area (Å²) < 4.78 is 5.42. The molecule has 1 saturated carbocycles. The van der Waals surface area contributed by atoms with E-state index in [-0.39, 0.29) is 0 Å². The van der Waals surface area contributed by atoms with Crippen molar-refractivity contribution in [2.45, 2.75) is 44.6 Å². The lowest BCUT2D eigenvalue weighted by atomic mass is 9.75. The maximum atomic E-state index is 5.42. The molecule has 0 heterocycles. The Kier molecular flexibility index (Phi) is 6.81. The van der Waals surface area contributed by atoms with Gasteiger partial charge < -0.3 is 4.74 Å². The van der Waals surface area contributed by atoms with E-state index in [1.54, 1.807) is 7.11 Å². The van der Waals surface area contributed by atoms with Crippen LogP contribution in [-0.2, 0) is 11.3 Å². The molecule has 1 heteroatoms. The van der Waals surface area contributed by atoms with Gasteiger partial charge in [-0.3, -0.25) is 0 Å². The predicted octanol–water partition coefficient (Wildman–Crippen LogP) is 8.02. The van der Waals surface area contributed by atoms with Gasteiger partial charge in [0.1, 0.15) is 0 Å². The molecule has 1 aliphatic carbocycles. The van der Waals surface area contributed by atoms with Crippen molar-refractivity contribution in [3.05, 3.63) is 96.6 Å². The minimum absolute atomic E-state index is 0.631. The van der Waals surface area contributed by atoms with Gasteiger partial charge in [0, 0.05) is 7.11 Å². The van der Waals surface area contributed by atoms with Crippen LogP contribution in [0.15, 0.2) is 85.5 Å². The summed E-state index contributed by atoms with van der Waals surface area (Å²) in [5.41, 5.74) is 7.98. The number of allylic oxidation sites excluding steroid dienone is 1. The van der Waals surface area contributed by atoms with Gasteiger partial charge in [0.15, 0.2) is 0 Å². The van der Waals surface area contributed by atoms with Gasteiger partial charge in [-0.05, 0) is 77.3 Å². The lowest BCUT2D eigenvalue weighted by Crippen LogP contribution is -2.14. The molecule has 4 rings (SSSR count). The van der Waals surface area contributed by atoms with E-state index in [1.165, 1.54) is 59.1 Å². The Labute approximate surface area is 181 Å². The first-order chi connectivity index (χ1) is 14.8. The second-order valence-corrected chi connectivity index (χ2v) is 8.54. The standard InChI is InChI=1S/C29H32O/c1-3-7-22-10-13-27(14-11-22)29-20-23(21-30-2)12-19-28(29)26-17-15-25(16-18-26)24-8-5-4-6-9-24/h3-6,8-9,12,15-20,22,27H,1,7,10-11,13-14,21H2,2H3. The molecule has 3 aromatic carbocycles. The molecule has 0 saturated heterocycles. The molecule has 0 N–H and O–H groups in total. The fourth-order valence-corrected chi connectivity index (χ4v) is 4.89. The normalized spacial score (nSPS) is 18.8. The molecular weight excluding hydrogens is 364 g/mol. The summed E-state index contributed by atoms with van der Waals surface area (Å²) in [6.45, 7) is 4.61. The molecule has 0 radical (unpaired) electrons. The summed E-state index contributed by atoms with van der Waals surface area (Å²) in [6, 6.07) is 26.6. The third-order valence-electron chi connectivity index (χ3n) is 6.52. The van der Waals surface area contributed by atoms with Crippen LogP contribution >= 0.6 is 0 Å². The van der Waals surface area contributed by atoms with Crippen molar-refractivity contribution in [2.75, 3.05) is 7.11 Å². The van der Waals surface area contributed by atoms with E-state index in [0.717, 1.165) is 12.3 Å². The Morgan fingerprint density at radius 2 is 1.50 bits per heavy atom. The number of ether oxygens (including phenoxy) is 1. The van der Waals surface area contributed by atoms with E-state index >= 15 is 0 Å². The number of benzene rings is 3. The molecule has 0 spiro atoms. The monoisotopic (exact) mass is 396 g/mol. The zero-order valence-electron chi connectivity index (χ0n) is 18.0. The first kappa shape index (κ1) is 20.6. The van der Waals surface area contributed by atoms with Gasteiger partial charge in [-0.2, -0.15) is 0 Å². The summed E-state index contributed by atoms with van der Waals surface area (Å²) >= 11 is 0. The van der Waals surface area contributed by atoms with E-state index in [4.69, 9.17) is 4.74 Å². The van der Waals surface area contributed by atoms with Crippen LogP contribution in [0.5, 0.6) is 0 Å². The number of hydrogen-bond donors (Lipinski definition) is 0. The molecule has 0 amide bonds. The average Bonchev–Trinajstić information content (AvgIpc) is 2.81. The summed E-state index contributed by atoms with van der Waals surface area (Å²) in [6.07, 6.45) is 8.39. The summed E-state index contributed by atoms with van der Waals surface area (Å²) in [5.74, 6) is 1.45.